The molecule has 1 atom stereocenters. The minimum Gasteiger partial charge on any atom is -0.337 e. The molecule has 0 bridgehead atoms. The molecule has 0 saturated carbocycles. The molecule has 20 heavy (non-hydrogen) atoms. The summed E-state index contributed by atoms with van der Waals surface area (Å²) in [4.78, 5) is 15.2. The smallest absolute Gasteiger partial charge is 0.244 e. The van der Waals surface area contributed by atoms with E-state index in [1.807, 2.05) is 6.92 Å². The second kappa shape index (κ2) is 5.64. The van der Waals surface area contributed by atoms with Crippen LogP contribution < -0.4 is 5.32 Å². The highest BCUT2D eigenvalue weighted by Gasteiger charge is 2.23. The zero-order valence-corrected chi connectivity index (χ0v) is 11.7. The van der Waals surface area contributed by atoms with Crippen molar-refractivity contribution in [1.82, 2.24) is 30.3 Å². The van der Waals surface area contributed by atoms with Crippen molar-refractivity contribution in [3.8, 4) is 11.6 Å². The first-order chi connectivity index (χ1) is 9.74. The van der Waals surface area contributed by atoms with Crippen LogP contribution in [-0.2, 0) is 0 Å². The summed E-state index contributed by atoms with van der Waals surface area (Å²) in [5, 5.41) is 7.31. The summed E-state index contributed by atoms with van der Waals surface area (Å²) in [5.74, 6) is 1.56. The Balaban J connectivity index is 1.77. The topological polar surface area (TPSA) is 80.0 Å². The summed E-state index contributed by atoms with van der Waals surface area (Å²) in [6, 6.07) is 0.115. The minimum atomic E-state index is 0.115. The van der Waals surface area contributed by atoms with Gasteiger partial charge in [-0.1, -0.05) is 5.16 Å². The number of nitrogens with one attached hydrogen (secondary N) is 1. The minimum absolute atomic E-state index is 0.115. The number of aromatic nitrogens is 4. The van der Waals surface area contributed by atoms with Gasteiger partial charge in [0.15, 0.2) is 0 Å². The van der Waals surface area contributed by atoms with E-state index in [1.165, 1.54) is 0 Å². The van der Waals surface area contributed by atoms with Crippen LogP contribution >= 0.6 is 0 Å². The van der Waals surface area contributed by atoms with Crippen molar-refractivity contribution in [2.45, 2.75) is 19.9 Å². The van der Waals surface area contributed by atoms with E-state index in [4.69, 9.17) is 4.52 Å². The van der Waals surface area contributed by atoms with Gasteiger partial charge < -0.3 is 9.84 Å². The third-order valence-electron chi connectivity index (χ3n) is 3.48. The number of aryl methyl sites for hydroxylation is 1. The van der Waals surface area contributed by atoms with E-state index in [2.05, 4.69) is 37.2 Å². The number of piperazine rings is 1. The first kappa shape index (κ1) is 13.1. The zero-order valence-electron chi connectivity index (χ0n) is 11.7. The van der Waals surface area contributed by atoms with Crippen molar-refractivity contribution in [2.75, 3.05) is 26.2 Å². The summed E-state index contributed by atoms with van der Waals surface area (Å²) in [6.07, 6.45) is 3.50. The highest BCUT2D eigenvalue weighted by atomic mass is 16.5. The van der Waals surface area contributed by atoms with Crippen LogP contribution in [0.3, 0.4) is 0 Å². The van der Waals surface area contributed by atoms with Crippen LogP contribution in [0.5, 0.6) is 0 Å². The van der Waals surface area contributed by atoms with Crippen LogP contribution in [0.15, 0.2) is 16.9 Å². The van der Waals surface area contributed by atoms with Gasteiger partial charge in [-0.05, 0) is 19.4 Å². The molecule has 1 fully saturated rings. The van der Waals surface area contributed by atoms with E-state index in [0.29, 0.717) is 17.5 Å². The van der Waals surface area contributed by atoms with E-state index in [0.717, 1.165) is 31.7 Å². The summed E-state index contributed by atoms with van der Waals surface area (Å²) >= 11 is 0. The van der Waals surface area contributed by atoms with Crippen molar-refractivity contribution in [3.05, 3.63) is 23.8 Å². The molecule has 3 heterocycles. The molecule has 7 heteroatoms. The van der Waals surface area contributed by atoms with E-state index < -0.39 is 0 Å². The van der Waals surface area contributed by atoms with Crippen LogP contribution in [0.1, 0.15) is 24.4 Å². The fourth-order valence-corrected chi connectivity index (χ4v) is 2.23. The van der Waals surface area contributed by atoms with Gasteiger partial charge >= 0.3 is 0 Å². The fraction of sp³-hybridized carbons (Fsp3) is 0.538. The number of rotatable bonds is 3. The molecule has 7 nitrogen and oxygen atoms in total. The van der Waals surface area contributed by atoms with Gasteiger partial charge in [-0.25, -0.2) is 9.97 Å². The second-order valence-electron chi connectivity index (χ2n) is 5.00. The summed E-state index contributed by atoms with van der Waals surface area (Å²) in [5.41, 5.74) is 1.01. The van der Waals surface area contributed by atoms with E-state index in [9.17, 15) is 0 Å². The van der Waals surface area contributed by atoms with Gasteiger partial charge in [0.25, 0.3) is 0 Å². The molecule has 1 saturated heterocycles. The molecule has 1 aliphatic rings. The maximum absolute atomic E-state index is 5.36. The molecule has 0 radical (unpaired) electrons. The van der Waals surface area contributed by atoms with Crippen LogP contribution in [-0.4, -0.2) is 51.2 Å². The van der Waals surface area contributed by atoms with Crippen molar-refractivity contribution >= 4 is 0 Å². The maximum Gasteiger partial charge on any atom is 0.244 e. The Kier molecular flexibility index (Phi) is 3.70. The van der Waals surface area contributed by atoms with Crippen molar-refractivity contribution < 1.29 is 4.52 Å². The normalized spacial score (nSPS) is 18.1. The molecule has 0 aliphatic carbocycles. The quantitative estimate of drug-likeness (QED) is 0.886. The first-order valence-electron chi connectivity index (χ1n) is 6.81. The van der Waals surface area contributed by atoms with Gasteiger partial charge in [-0.3, -0.25) is 4.90 Å². The van der Waals surface area contributed by atoms with Gasteiger partial charge in [0, 0.05) is 38.6 Å². The molecule has 2 aromatic rings. The highest BCUT2D eigenvalue weighted by Crippen LogP contribution is 2.20. The maximum atomic E-state index is 5.36. The average molecular weight is 274 g/mol. The summed E-state index contributed by atoms with van der Waals surface area (Å²) in [6.45, 7) is 7.98. The Morgan fingerprint density at radius 1 is 1.20 bits per heavy atom. The fourth-order valence-electron chi connectivity index (χ4n) is 2.23. The lowest BCUT2D eigenvalue weighted by atomic mass is 10.2. The Bertz CT molecular complexity index is 560. The lowest BCUT2D eigenvalue weighted by Gasteiger charge is -2.30. The van der Waals surface area contributed by atoms with Gasteiger partial charge in [0.1, 0.15) is 0 Å². The van der Waals surface area contributed by atoms with Crippen LogP contribution in [0.25, 0.3) is 11.6 Å². The van der Waals surface area contributed by atoms with Crippen LogP contribution in [0.4, 0.5) is 0 Å². The van der Waals surface area contributed by atoms with Crippen LogP contribution in [0.2, 0.25) is 0 Å². The van der Waals surface area contributed by atoms with Crippen molar-refractivity contribution in [3.63, 3.8) is 0 Å². The predicted octanol–water partition coefficient (Wildman–Crippen LogP) is 0.801. The number of hydrogen-bond acceptors (Lipinski definition) is 7. The number of nitrogens with zero attached hydrogens (tertiary/aromatic N) is 5. The molecule has 1 N–H and O–H groups in total. The van der Waals surface area contributed by atoms with Gasteiger partial charge in [-0.15, -0.1) is 0 Å². The van der Waals surface area contributed by atoms with Crippen molar-refractivity contribution in [2.24, 2.45) is 0 Å². The molecule has 0 spiro atoms. The molecule has 2 aromatic heterocycles. The third-order valence-corrected chi connectivity index (χ3v) is 3.48. The lowest BCUT2D eigenvalue weighted by molar-refractivity contribution is 0.154. The first-order valence-corrected chi connectivity index (χ1v) is 6.81. The Hall–Kier alpha value is -1.86. The highest BCUT2D eigenvalue weighted by molar-refractivity contribution is 5.41. The molecular formula is C13H18N6O. The molecular weight excluding hydrogens is 256 g/mol. The van der Waals surface area contributed by atoms with E-state index in [1.54, 1.807) is 12.4 Å². The van der Waals surface area contributed by atoms with Crippen molar-refractivity contribution in [1.29, 1.82) is 0 Å². The predicted molar refractivity (Wildman–Crippen MR) is 72.9 cm³/mol. The second-order valence-corrected chi connectivity index (χ2v) is 5.00. The SMILES string of the molecule is Cc1cnc(-c2noc(C(C)N3CCNCC3)n2)nc1. The molecule has 3 rings (SSSR count). The summed E-state index contributed by atoms with van der Waals surface area (Å²) in [7, 11) is 0. The van der Waals surface area contributed by atoms with E-state index >= 15 is 0 Å². The summed E-state index contributed by atoms with van der Waals surface area (Å²) < 4.78 is 5.36. The van der Waals surface area contributed by atoms with Crippen LogP contribution in [0, 0.1) is 6.92 Å². The Labute approximate surface area is 117 Å². The average Bonchev–Trinajstić information content (AvgIpc) is 2.98. The molecule has 106 valence electrons. The van der Waals surface area contributed by atoms with Gasteiger partial charge in [-0.2, -0.15) is 4.98 Å². The molecule has 1 aliphatic heterocycles. The molecule has 0 amide bonds. The molecule has 1 unspecified atom stereocenters. The third kappa shape index (κ3) is 2.68. The van der Waals surface area contributed by atoms with Gasteiger partial charge in [0.05, 0.1) is 6.04 Å². The standard InChI is InChI=1S/C13H18N6O/c1-9-7-15-11(16-8-9)12-17-13(20-18-12)10(2)19-5-3-14-4-6-19/h7-8,10,14H,3-6H2,1-2H3. The Morgan fingerprint density at radius 2 is 1.90 bits per heavy atom. The number of hydrogen-bond donors (Lipinski definition) is 1. The van der Waals surface area contributed by atoms with Gasteiger partial charge in [0.2, 0.25) is 17.5 Å². The Morgan fingerprint density at radius 3 is 2.60 bits per heavy atom. The molecule has 0 aromatic carbocycles. The monoisotopic (exact) mass is 274 g/mol. The zero-order chi connectivity index (χ0) is 13.9. The lowest BCUT2D eigenvalue weighted by Crippen LogP contribution is -2.44. The largest absolute Gasteiger partial charge is 0.337 e. The van der Waals surface area contributed by atoms with E-state index in [-0.39, 0.29) is 6.04 Å².